The van der Waals surface area contributed by atoms with Gasteiger partial charge in [0, 0.05) is 36.4 Å². The first-order valence-electron chi connectivity index (χ1n) is 9.06. The van der Waals surface area contributed by atoms with Crippen LogP contribution >= 0.6 is 0 Å². The number of amides is 1. The topological polar surface area (TPSA) is 84.1 Å². The van der Waals surface area contributed by atoms with Crippen LogP contribution in [0, 0.1) is 19.7 Å². The second-order valence-corrected chi connectivity index (χ2v) is 7.07. The van der Waals surface area contributed by atoms with Gasteiger partial charge in [-0.2, -0.15) is 0 Å². The van der Waals surface area contributed by atoms with Crippen molar-refractivity contribution < 1.29 is 13.9 Å². The molecule has 1 amide bonds. The number of nitrogens with zero attached hydrogens (tertiary/aromatic N) is 1. The van der Waals surface area contributed by atoms with Crippen LogP contribution in [0.25, 0.3) is 0 Å². The number of carbonyl (C=O) groups is 1. The highest BCUT2D eigenvalue weighted by atomic mass is 19.1. The highest BCUT2D eigenvalue weighted by Gasteiger charge is 2.35. The van der Waals surface area contributed by atoms with Crippen molar-refractivity contribution in [1.82, 2.24) is 15.3 Å². The van der Waals surface area contributed by atoms with Gasteiger partial charge in [0.05, 0.1) is 6.42 Å². The summed E-state index contributed by atoms with van der Waals surface area (Å²) >= 11 is 0. The second-order valence-electron chi connectivity index (χ2n) is 7.07. The molecule has 2 N–H and O–H groups in total. The molecule has 1 aromatic heterocycles. The van der Waals surface area contributed by atoms with Gasteiger partial charge < -0.3 is 15.0 Å². The summed E-state index contributed by atoms with van der Waals surface area (Å²) in [5, 5.41) is 2.93. The van der Waals surface area contributed by atoms with E-state index in [1.165, 1.54) is 12.1 Å². The summed E-state index contributed by atoms with van der Waals surface area (Å²) in [4.78, 5) is 31.4. The number of aromatic nitrogens is 2. The van der Waals surface area contributed by atoms with Crippen molar-refractivity contribution in [1.29, 1.82) is 0 Å². The molecule has 144 valence electrons. The summed E-state index contributed by atoms with van der Waals surface area (Å²) in [6.45, 7) is 4.92. The normalized spacial score (nSPS) is 16.1. The number of rotatable bonds is 5. The van der Waals surface area contributed by atoms with E-state index in [4.69, 9.17) is 4.74 Å². The third kappa shape index (κ3) is 4.42. The lowest BCUT2D eigenvalue weighted by atomic mass is 9.74. The standard InChI is InChI=1S/C20H24FN3O3/c1-13-17(19(26)24-14(2)23-13)11-18(25)22-12-20(6-8-27-9-7-20)15-4-3-5-16(21)10-15/h3-5,10H,6-9,11-12H2,1-2H3,(H,22,25)(H,23,24,26). The molecular weight excluding hydrogens is 349 g/mol. The third-order valence-electron chi connectivity index (χ3n) is 5.19. The van der Waals surface area contributed by atoms with Gasteiger partial charge >= 0.3 is 0 Å². The number of aryl methyl sites for hydroxylation is 2. The Kier molecular flexibility index (Phi) is 5.70. The Morgan fingerprint density at radius 2 is 2.07 bits per heavy atom. The van der Waals surface area contributed by atoms with Crippen LogP contribution in [0.2, 0.25) is 0 Å². The summed E-state index contributed by atoms with van der Waals surface area (Å²) in [5.41, 5.74) is 1.11. The molecule has 0 radical (unpaired) electrons. The molecule has 1 aromatic carbocycles. The molecule has 1 aliphatic rings. The van der Waals surface area contributed by atoms with E-state index in [0.29, 0.717) is 49.7 Å². The highest BCUT2D eigenvalue weighted by molar-refractivity contribution is 5.78. The molecule has 3 rings (SSSR count). The zero-order chi connectivity index (χ0) is 19.4. The lowest BCUT2D eigenvalue weighted by Gasteiger charge is -2.38. The van der Waals surface area contributed by atoms with Crippen LogP contribution in [0.3, 0.4) is 0 Å². The number of hydrogen-bond acceptors (Lipinski definition) is 4. The molecule has 2 aromatic rings. The van der Waals surface area contributed by atoms with E-state index >= 15 is 0 Å². The Morgan fingerprint density at radius 1 is 1.33 bits per heavy atom. The van der Waals surface area contributed by atoms with Crippen LogP contribution in [-0.4, -0.2) is 35.6 Å². The molecule has 1 aliphatic heterocycles. The first kappa shape index (κ1) is 19.2. The van der Waals surface area contributed by atoms with Crippen LogP contribution in [-0.2, 0) is 21.4 Å². The number of hydrogen-bond donors (Lipinski definition) is 2. The molecule has 0 atom stereocenters. The van der Waals surface area contributed by atoms with E-state index in [9.17, 15) is 14.0 Å². The number of carbonyl (C=O) groups excluding carboxylic acids is 1. The molecule has 0 aliphatic carbocycles. The van der Waals surface area contributed by atoms with Gasteiger partial charge in [-0.3, -0.25) is 9.59 Å². The van der Waals surface area contributed by atoms with E-state index in [1.807, 2.05) is 6.07 Å². The van der Waals surface area contributed by atoms with Gasteiger partial charge in [-0.05, 0) is 44.4 Å². The van der Waals surface area contributed by atoms with Crippen molar-refractivity contribution in [2.75, 3.05) is 19.8 Å². The minimum absolute atomic E-state index is 0.0375. The molecule has 27 heavy (non-hydrogen) atoms. The third-order valence-corrected chi connectivity index (χ3v) is 5.19. The fourth-order valence-electron chi connectivity index (χ4n) is 3.60. The lowest BCUT2D eigenvalue weighted by Crippen LogP contribution is -2.45. The summed E-state index contributed by atoms with van der Waals surface area (Å²) in [6, 6.07) is 6.51. The summed E-state index contributed by atoms with van der Waals surface area (Å²) < 4.78 is 19.2. The molecule has 0 bridgehead atoms. The summed E-state index contributed by atoms with van der Waals surface area (Å²) in [5.74, 6) is -0.0250. The van der Waals surface area contributed by atoms with E-state index in [0.717, 1.165) is 5.56 Å². The first-order chi connectivity index (χ1) is 12.9. The molecule has 0 saturated carbocycles. The predicted molar refractivity (Wildman–Crippen MR) is 99.2 cm³/mol. The van der Waals surface area contributed by atoms with Gasteiger partial charge in [-0.1, -0.05) is 12.1 Å². The quantitative estimate of drug-likeness (QED) is 0.839. The average molecular weight is 373 g/mol. The van der Waals surface area contributed by atoms with Crippen LogP contribution in [0.1, 0.15) is 35.5 Å². The summed E-state index contributed by atoms with van der Waals surface area (Å²) in [7, 11) is 0. The van der Waals surface area contributed by atoms with Crippen LogP contribution in [0.5, 0.6) is 0 Å². The van der Waals surface area contributed by atoms with Crippen molar-refractivity contribution in [3.63, 3.8) is 0 Å². The maximum atomic E-state index is 13.7. The van der Waals surface area contributed by atoms with E-state index in [-0.39, 0.29) is 29.1 Å². The fraction of sp³-hybridized carbons (Fsp3) is 0.450. The average Bonchev–Trinajstić information content (AvgIpc) is 2.64. The maximum Gasteiger partial charge on any atom is 0.254 e. The van der Waals surface area contributed by atoms with Crippen LogP contribution in [0.15, 0.2) is 29.1 Å². The Bertz CT molecular complexity index is 888. The first-order valence-corrected chi connectivity index (χ1v) is 9.06. The van der Waals surface area contributed by atoms with Crippen LogP contribution in [0.4, 0.5) is 4.39 Å². The van der Waals surface area contributed by atoms with Crippen molar-refractivity contribution in [2.24, 2.45) is 0 Å². The van der Waals surface area contributed by atoms with Crippen molar-refractivity contribution in [2.45, 2.75) is 38.5 Å². The van der Waals surface area contributed by atoms with Gasteiger partial charge in [0.15, 0.2) is 0 Å². The zero-order valence-electron chi connectivity index (χ0n) is 15.6. The second kappa shape index (κ2) is 8.00. The number of ether oxygens (including phenoxy) is 1. The number of nitrogens with one attached hydrogen (secondary N) is 2. The smallest absolute Gasteiger partial charge is 0.254 e. The number of H-pyrrole nitrogens is 1. The van der Waals surface area contributed by atoms with E-state index < -0.39 is 0 Å². The van der Waals surface area contributed by atoms with Gasteiger partial charge in [-0.15, -0.1) is 0 Å². The molecule has 0 unspecified atom stereocenters. The van der Waals surface area contributed by atoms with Crippen LogP contribution < -0.4 is 10.9 Å². The van der Waals surface area contributed by atoms with E-state index in [2.05, 4.69) is 15.3 Å². The number of halogens is 1. The van der Waals surface area contributed by atoms with E-state index in [1.54, 1.807) is 19.9 Å². The molecule has 0 spiro atoms. The lowest BCUT2D eigenvalue weighted by molar-refractivity contribution is -0.121. The van der Waals surface area contributed by atoms with Gasteiger partial charge in [0.25, 0.3) is 5.56 Å². The largest absolute Gasteiger partial charge is 0.381 e. The van der Waals surface area contributed by atoms with Gasteiger partial charge in [0.1, 0.15) is 11.6 Å². The molecule has 1 fully saturated rings. The fourth-order valence-corrected chi connectivity index (χ4v) is 3.60. The molecular formula is C20H24FN3O3. The predicted octanol–water partition coefficient (Wildman–Crippen LogP) is 1.93. The molecule has 7 heteroatoms. The maximum absolute atomic E-state index is 13.7. The Labute approximate surface area is 157 Å². The monoisotopic (exact) mass is 373 g/mol. The Hall–Kier alpha value is -2.54. The molecule has 6 nitrogen and oxygen atoms in total. The zero-order valence-corrected chi connectivity index (χ0v) is 15.6. The highest BCUT2D eigenvalue weighted by Crippen LogP contribution is 2.34. The van der Waals surface area contributed by atoms with Crippen molar-refractivity contribution in [3.05, 3.63) is 63.1 Å². The number of benzene rings is 1. The number of aromatic amines is 1. The van der Waals surface area contributed by atoms with Crippen molar-refractivity contribution in [3.8, 4) is 0 Å². The Balaban J connectivity index is 1.74. The molecule has 1 saturated heterocycles. The summed E-state index contributed by atoms with van der Waals surface area (Å²) in [6.07, 6.45) is 1.36. The minimum Gasteiger partial charge on any atom is -0.381 e. The minimum atomic E-state index is -0.372. The van der Waals surface area contributed by atoms with Crippen molar-refractivity contribution >= 4 is 5.91 Å². The van der Waals surface area contributed by atoms with Gasteiger partial charge in [-0.25, -0.2) is 9.37 Å². The Morgan fingerprint density at radius 3 is 2.74 bits per heavy atom. The SMILES string of the molecule is Cc1nc(C)c(CC(=O)NCC2(c3cccc(F)c3)CCOCC2)c(=O)[nH]1. The molecule has 2 heterocycles. The van der Waals surface area contributed by atoms with Gasteiger partial charge in [0.2, 0.25) is 5.91 Å².